The molecule has 1 aromatic heterocycles. The van der Waals surface area contributed by atoms with Crippen molar-refractivity contribution in [2.45, 2.75) is 78.8 Å². The van der Waals surface area contributed by atoms with Crippen molar-refractivity contribution < 1.29 is 4.74 Å². The lowest BCUT2D eigenvalue weighted by Gasteiger charge is -2.36. The van der Waals surface area contributed by atoms with E-state index in [2.05, 4.69) is 64.6 Å². The molecule has 35 heavy (non-hydrogen) atoms. The molecule has 0 radical (unpaired) electrons. The van der Waals surface area contributed by atoms with Crippen LogP contribution >= 0.6 is 0 Å². The Bertz CT molecular complexity index is 1240. The summed E-state index contributed by atoms with van der Waals surface area (Å²) in [6.45, 7) is 16.1. The van der Waals surface area contributed by atoms with Gasteiger partial charge in [-0.3, -0.25) is 9.36 Å². The van der Waals surface area contributed by atoms with Crippen LogP contribution in [0, 0.1) is 5.92 Å². The Kier molecular flexibility index (Phi) is 7.65. The van der Waals surface area contributed by atoms with Crippen molar-refractivity contribution in [3.05, 3.63) is 58.1 Å². The monoisotopic (exact) mass is 475 g/mol. The minimum absolute atomic E-state index is 0.0706. The molecule has 2 heterocycles. The molecule has 0 amide bonds. The number of piperidine rings is 1. The maximum atomic E-state index is 13.9. The minimum atomic E-state index is 0.0706. The predicted molar refractivity (Wildman–Crippen MR) is 146 cm³/mol. The van der Waals surface area contributed by atoms with Gasteiger partial charge in [0.2, 0.25) is 0 Å². The van der Waals surface area contributed by atoms with Crippen LogP contribution in [-0.2, 0) is 6.54 Å². The number of aromatic nitrogens is 2. The number of likely N-dealkylation sites (tertiary alicyclic amines) is 1. The third-order valence-corrected chi connectivity index (χ3v) is 7.42. The van der Waals surface area contributed by atoms with E-state index in [1.807, 2.05) is 22.8 Å². The molecule has 188 valence electrons. The van der Waals surface area contributed by atoms with Gasteiger partial charge in [0.05, 0.1) is 18.0 Å². The number of fused-ring (bicyclic) bond motifs is 1. The summed E-state index contributed by atoms with van der Waals surface area (Å²) in [6.07, 6.45) is 2.34. The molecular formula is C30H41N3O2. The molecular weight excluding hydrogens is 434 g/mol. The molecule has 1 aliphatic heterocycles. The van der Waals surface area contributed by atoms with Crippen LogP contribution in [-0.4, -0.2) is 40.7 Å². The molecule has 0 unspecified atom stereocenters. The zero-order valence-corrected chi connectivity index (χ0v) is 22.5. The summed E-state index contributed by atoms with van der Waals surface area (Å²) >= 11 is 0. The average Bonchev–Trinajstić information content (AvgIpc) is 2.85. The molecule has 0 aliphatic carbocycles. The van der Waals surface area contributed by atoms with Crippen LogP contribution in [0.5, 0.6) is 5.75 Å². The average molecular weight is 476 g/mol. The van der Waals surface area contributed by atoms with Gasteiger partial charge in [-0.15, -0.1) is 0 Å². The topological polar surface area (TPSA) is 47.4 Å². The van der Waals surface area contributed by atoms with E-state index in [0.29, 0.717) is 23.3 Å². The highest BCUT2D eigenvalue weighted by molar-refractivity contribution is 5.85. The quantitative estimate of drug-likeness (QED) is 0.394. The molecule has 0 spiro atoms. The maximum absolute atomic E-state index is 13.9. The number of nitrogens with zero attached hydrogens (tertiary/aromatic N) is 3. The number of methoxy groups -OCH3 is 1. The van der Waals surface area contributed by atoms with Crippen molar-refractivity contribution in [1.82, 2.24) is 14.5 Å². The van der Waals surface area contributed by atoms with E-state index >= 15 is 0 Å². The first-order valence-corrected chi connectivity index (χ1v) is 13.2. The molecule has 3 aromatic rings. The molecule has 0 bridgehead atoms. The van der Waals surface area contributed by atoms with Gasteiger partial charge in [-0.1, -0.05) is 39.8 Å². The normalized spacial score (nSPS) is 17.1. The molecule has 4 rings (SSSR count). The molecule has 1 fully saturated rings. The number of hydrogen-bond donors (Lipinski definition) is 0. The second kappa shape index (κ2) is 10.5. The van der Waals surface area contributed by atoms with Gasteiger partial charge < -0.3 is 9.64 Å². The van der Waals surface area contributed by atoms with Gasteiger partial charge in [-0.05, 0) is 80.5 Å². The van der Waals surface area contributed by atoms with Crippen molar-refractivity contribution in [2.24, 2.45) is 5.92 Å². The standard InChI is InChI=1S/C30H41N3O2/c1-19(2)23-11-13-28(35-7)25(15-23)24-10-12-27-26(16-24)30(34)33(29(31-27)20(3)4)18-22-9-8-14-32(17-22)21(5)6/h10-13,15-16,19-22H,8-9,14,17-18H2,1-7H3/t22-/m0/s1. The van der Waals surface area contributed by atoms with Gasteiger partial charge in [0, 0.05) is 30.6 Å². The van der Waals surface area contributed by atoms with E-state index in [1.165, 1.54) is 12.0 Å². The van der Waals surface area contributed by atoms with Crippen LogP contribution in [0.3, 0.4) is 0 Å². The lowest BCUT2D eigenvalue weighted by molar-refractivity contribution is 0.129. The van der Waals surface area contributed by atoms with Gasteiger partial charge in [0.25, 0.3) is 5.56 Å². The van der Waals surface area contributed by atoms with Gasteiger partial charge in [-0.25, -0.2) is 4.98 Å². The van der Waals surface area contributed by atoms with Crippen LogP contribution in [0.15, 0.2) is 41.2 Å². The summed E-state index contributed by atoms with van der Waals surface area (Å²) in [5.74, 6) is 2.76. The van der Waals surface area contributed by atoms with E-state index in [4.69, 9.17) is 9.72 Å². The van der Waals surface area contributed by atoms with Gasteiger partial charge in [0.1, 0.15) is 11.6 Å². The molecule has 0 saturated carbocycles. The SMILES string of the molecule is COc1ccc(C(C)C)cc1-c1ccc2nc(C(C)C)n(C[C@H]3CCCN(C(C)C)C3)c(=O)c2c1. The lowest BCUT2D eigenvalue weighted by atomic mass is 9.95. The van der Waals surface area contributed by atoms with Crippen LogP contribution < -0.4 is 10.3 Å². The highest BCUT2D eigenvalue weighted by Gasteiger charge is 2.24. The van der Waals surface area contributed by atoms with Gasteiger partial charge in [0.15, 0.2) is 0 Å². The van der Waals surface area contributed by atoms with Crippen molar-refractivity contribution in [1.29, 1.82) is 0 Å². The summed E-state index contributed by atoms with van der Waals surface area (Å²) in [7, 11) is 1.70. The first-order chi connectivity index (χ1) is 16.7. The van der Waals surface area contributed by atoms with E-state index in [-0.39, 0.29) is 11.5 Å². The Balaban J connectivity index is 1.80. The van der Waals surface area contributed by atoms with Gasteiger partial charge >= 0.3 is 0 Å². The van der Waals surface area contributed by atoms with E-state index in [0.717, 1.165) is 54.3 Å². The number of ether oxygens (including phenoxy) is 1. The molecule has 2 aromatic carbocycles. The van der Waals surface area contributed by atoms with Crippen LogP contribution in [0.1, 0.15) is 77.6 Å². The summed E-state index contributed by atoms with van der Waals surface area (Å²) in [5.41, 5.74) is 4.09. The first kappa shape index (κ1) is 25.4. The lowest BCUT2D eigenvalue weighted by Crippen LogP contribution is -2.42. The third kappa shape index (κ3) is 5.30. The fourth-order valence-corrected chi connectivity index (χ4v) is 5.31. The summed E-state index contributed by atoms with van der Waals surface area (Å²) in [6, 6.07) is 12.9. The number of benzene rings is 2. The highest BCUT2D eigenvalue weighted by Crippen LogP contribution is 2.34. The Morgan fingerprint density at radius 2 is 1.80 bits per heavy atom. The van der Waals surface area contributed by atoms with Gasteiger partial charge in [-0.2, -0.15) is 0 Å². The van der Waals surface area contributed by atoms with E-state index in [9.17, 15) is 4.79 Å². The largest absolute Gasteiger partial charge is 0.496 e. The van der Waals surface area contributed by atoms with Crippen LogP contribution in [0.25, 0.3) is 22.0 Å². The molecule has 1 atom stereocenters. The minimum Gasteiger partial charge on any atom is -0.496 e. The number of rotatable bonds is 7. The van der Waals surface area contributed by atoms with Crippen molar-refractivity contribution in [3.8, 4) is 16.9 Å². The fourth-order valence-electron chi connectivity index (χ4n) is 5.31. The molecule has 1 saturated heterocycles. The summed E-state index contributed by atoms with van der Waals surface area (Å²) < 4.78 is 7.64. The third-order valence-electron chi connectivity index (χ3n) is 7.42. The Morgan fingerprint density at radius 3 is 2.46 bits per heavy atom. The second-order valence-corrected chi connectivity index (χ2v) is 11.0. The Labute approximate surface area is 210 Å². The van der Waals surface area contributed by atoms with Crippen molar-refractivity contribution >= 4 is 10.9 Å². The molecule has 5 nitrogen and oxygen atoms in total. The van der Waals surface area contributed by atoms with E-state index in [1.54, 1.807) is 7.11 Å². The van der Waals surface area contributed by atoms with Crippen LogP contribution in [0.2, 0.25) is 0 Å². The van der Waals surface area contributed by atoms with Crippen LogP contribution in [0.4, 0.5) is 0 Å². The maximum Gasteiger partial charge on any atom is 0.261 e. The first-order valence-electron chi connectivity index (χ1n) is 13.2. The highest BCUT2D eigenvalue weighted by atomic mass is 16.5. The zero-order valence-electron chi connectivity index (χ0n) is 22.5. The summed E-state index contributed by atoms with van der Waals surface area (Å²) in [5, 5.41) is 0.681. The molecule has 0 N–H and O–H groups in total. The molecule has 1 aliphatic rings. The predicted octanol–water partition coefficient (Wildman–Crippen LogP) is 6.44. The fraction of sp³-hybridized carbons (Fsp3) is 0.533. The number of hydrogen-bond acceptors (Lipinski definition) is 4. The summed E-state index contributed by atoms with van der Waals surface area (Å²) in [4.78, 5) is 21.5. The second-order valence-electron chi connectivity index (χ2n) is 11.0. The molecule has 5 heteroatoms. The van der Waals surface area contributed by atoms with E-state index < -0.39 is 0 Å². The smallest absolute Gasteiger partial charge is 0.261 e. The van der Waals surface area contributed by atoms with Crippen molar-refractivity contribution in [2.75, 3.05) is 20.2 Å². The van der Waals surface area contributed by atoms with Crippen molar-refractivity contribution in [3.63, 3.8) is 0 Å². The Hall–Kier alpha value is -2.66. The zero-order chi connectivity index (χ0) is 25.3. The Morgan fingerprint density at radius 1 is 1.03 bits per heavy atom.